The Hall–Kier alpha value is -0.530. The Bertz CT molecular complexity index is 260. The van der Waals surface area contributed by atoms with Crippen LogP contribution >= 0.6 is 0 Å². The van der Waals surface area contributed by atoms with Crippen molar-refractivity contribution in [2.75, 3.05) is 0 Å². The maximum atomic E-state index is 11.2. The molecule has 0 aromatic carbocycles. The van der Waals surface area contributed by atoms with E-state index in [-0.39, 0.29) is 12.1 Å². The number of hydrogen-bond donors (Lipinski definition) is 0. The molecule has 0 N–H and O–H groups in total. The van der Waals surface area contributed by atoms with Gasteiger partial charge in [0, 0.05) is 6.92 Å². The maximum Gasteiger partial charge on any atom is 0.302 e. The summed E-state index contributed by atoms with van der Waals surface area (Å²) in [6.07, 6.45) is 8.37. The van der Waals surface area contributed by atoms with E-state index in [2.05, 4.69) is 13.8 Å². The number of carbonyl (C=O) groups excluding carboxylic acids is 1. The highest BCUT2D eigenvalue weighted by atomic mass is 16.5. The summed E-state index contributed by atoms with van der Waals surface area (Å²) in [4.78, 5) is 11.2. The molecular weight excluding hydrogens is 212 g/mol. The molecule has 2 rings (SSSR count). The van der Waals surface area contributed by atoms with E-state index in [1.807, 2.05) is 0 Å². The minimum absolute atomic E-state index is 0.112. The van der Waals surface area contributed by atoms with Gasteiger partial charge in [0.15, 0.2) is 0 Å². The second kappa shape index (κ2) is 5.41. The van der Waals surface area contributed by atoms with Crippen molar-refractivity contribution in [1.82, 2.24) is 0 Å². The first-order valence-corrected chi connectivity index (χ1v) is 7.23. The standard InChI is InChI=1S/C15H26O2/c1-10(2)15(17-11(3)16)14-8-12-5-4-6-13(7-12)9-14/h10,12-15H,4-9H2,1-3H3. The monoisotopic (exact) mass is 238 g/mol. The average molecular weight is 238 g/mol. The summed E-state index contributed by atoms with van der Waals surface area (Å²) in [5, 5.41) is 0. The van der Waals surface area contributed by atoms with Gasteiger partial charge in [0.2, 0.25) is 0 Å². The molecule has 0 aromatic rings. The van der Waals surface area contributed by atoms with Crippen LogP contribution in [-0.2, 0) is 9.53 Å². The van der Waals surface area contributed by atoms with E-state index < -0.39 is 0 Å². The van der Waals surface area contributed by atoms with Crippen LogP contribution in [0.3, 0.4) is 0 Å². The Morgan fingerprint density at radius 1 is 1.12 bits per heavy atom. The van der Waals surface area contributed by atoms with Crippen LogP contribution < -0.4 is 0 Å². The van der Waals surface area contributed by atoms with Crippen LogP contribution in [0.5, 0.6) is 0 Å². The van der Waals surface area contributed by atoms with Gasteiger partial charge in [-0.1, -0.05) is 33.1 Å². The number of fused-ring (bicyclic) bond motifs is 2. The number of rotatable bonds is 3. The molecule has 0 spiro atoms. The van der Waals surface area contributed by atoms with Crippen molar-refractivity contribution in [3.05, 3.63) is 0 Å². The van der Waals surface area contributed by atoms with Crippen molar-refractivity contribution in [2.45, 2.75) is 65.4 Å². The predicted molar refractivity (Wildman–Crippen MR) is 68.6 cm³/mol. The van der Waals surface area contributed by atoms with E-state index in [4.69, 9.17) is 4.74 Å². The van der Waals surface area contributed by atoms with Gasteiger partial charge in [-0.05, 0) is 42.9 Å². The maximum absolute atomic E-state index is 11.2. The zero-order valence-electron chi connectivity index (χ0n) is 11.4. The lowest BCUT2D eigenvalue weighted by atomic mass is 9.66. The van der Waals surface area contributed by atoms with Crippen molar-refractivity contribution >= 4 is 5.97 Å². The third-order valence-electron chi connectivity index (χ3n) is 4.59. The van der Waals surface area contributed by atoms with Crippen molar-refractivity contribution in [3.8, 4) is 0 Å². The highest BCUT2D eigenvalue weighted by molar-refractivity contribution is 5.66. The van der Waals surface area contributed by atoms with Crippen LogP contribution in [0.15, 0.2) is 0 Å². The van der Waals surface area contributed by atoms with Crippen molar-refractivity contribution in [1.29, 1.82) is 0 Å². The smallest absolute Gasteiger partial charge is 0.302 e. The zero-order valence-corrected chi connectivity index (χ0v) is 11.4. The summed E-state index contributed by atoms with van der Waals surface area (Å²) in [6.45, 7) is 5.90. The SMILES string of the molecule is CC(=O)OC(C(C)C)C1CC2CCCC(C2)C1. The number of hydrogen-bond acceptors (Lipinski definition) is 2. The lowest BCUT2D eigenvalue weighted by molar-refractivity contribution is -0.154. The van der Waals surface area contributed by atoms with Gasteiger partial charge in [-0.15, -0.1) is 0 Å². The van der Waals surface area contributed by atoms with Crippen LogP contribution in [-0.4, -0.2) is 12.1 Å². The number of esters is 1. The van der Waals surface area contributed by atoms with Gasteiger partial charge >= 0.3 is 5.97 Å². The molecule has 2 saturated carbocycles. The van der Waals surface area contributed by atoms with Gasteiger partial charge in [-0.3, -0.25) is 4.79 Å². The van der Waals surface area contributed by atoms with E-state index in [1.165, 1.54) is 38.5 Å². The van der Waals surface area contributed by atoms with Crippen LogP contribution in [0.2, 0.25) is 0 Å². The van der Waals surface area contributed by atoms with Gasteiger partial charge in [0.05, 0.1) is 0 Å². The number of ether oxygens (including phenoxy) is 1. The lowest BCUT2D eigenvalue weighted by Crippen LogP contribution is -2.38. The second-order valence-electron chi connectivity index (χ2n) is 6.45. The van der Waals surface area contributed by atoms with E-state index in [9.17, 15) is 4.79 Å². The minimum atomic E-state index is -0.112. The molecule has 3 unspecified atom stereocenters. The largest absolute Gasteiger partial charge is 0.462 e. The average Bonchev–Trinajstić information content (AvgIpc) is 2.24. The molecule has 17 heavy (non-hydrogen) atoms. The first kappa shape index (κ1) is 12.9. The molecule has 2 nitrogen and oxygen atoms in total. The molecule has 2 heteroatoms. The molecule has 2 aliphatic rings. The molecular formula is C15H26O2. The first-order chi connectivity index (χ1) is 8.06. The van der Waals surface area contributed by atoms with Crippen molar-refractivity contribution < 1.29 is 9.53 Å². The second-order valence-corrected chi connectivity index (χ2v) is 6.45. The fourth-order valence-corrected chi connectivity index (χ4v) is 4.02. The topological polar surface area (TPSA) is 26.3 Å². The molecule has 98 valence electrons. The fourth-order valence-electron chi connectivity index (χ4n) is 4.02. The predicted octanol–water partition coefficient (Wildman–Crippen LogP) is 3.79. The van der Waals surface area contributed by atoms with Crippen LogP contribution in [0.25, 0.3) is 0 Å². The molecule has 0 heterocycles. The van der Waals surface area contributed by atoms with Gasteiger partial charge in [0.25, 0.3) is 0 Å². The Morgan fingerprint density at radius 3 is 2.18 bits per heavy atom. The normalized spacial score (nSPS) is 34.5. The van der Waals surface area contributed by atoms with Crippen molar-refractivity contribution in [3.63, 3.8) is 0 Å². The molecule has 2 aliphatic carbocycles. The zero-order chi connectivity index (χ0) is 12.4. The Morgan fingerprint density at radius 2 is 1.71 bits per heavy atom. The summed E-state index contributed by atoms with van der Waals surface area (Å²) in [6, 6.07) is 0. The molecule has 0 saturated heterocycles. The molecule has 0 radical (unpaired) electrons. The molecule has 0 aromatic heterocycles. The van der Waals surface area contributed by atoms with E-state index in [0.29, 0.717) is 11.8 Å². The summed E-state index contributed by atoms with van der Waals surface area (Å²) in [5.74, 6) is 2.76. The minimum Gasteiger partial charge on any atom is -0.462 e. The highest BCUT2D eigenvalue weighted by Gasteiger charge is 2.37. The summed E-state index contributed by atoms with van der Waals surface area (Å²) >= 11 is 0. The Balaban J connectivity index is 2.00. The molecule has 3 atom stereocenters. The molecule has 2 bridgehead atoms. The molecule has 2 fully saturated rings. The Kier molecular flexibility index (Phi) is 4.11. The third-order valence-corrected chi connectivity index (χ3v) is 4.59. The summed E-state index contributed by atoms with van der Waals surface area (Å²) in [7, 11) is 0. The third kappa shape index (κ3) is 3.23. The van der Waals surface area contributed by atoms with E-state index in [1.54, 1.807) is 6.92 Å². The van der Waals surface area contributed by atoms with E-state index >= 15 is 0 Å². The van der Waals surface area contributed by atoms with E-state index in [0.717, 1.165) is 11.8 Å². The quantitative estimate of drug-likeness (QED) is 0.699. The van der Waals surface area contributed by atoms with Gasteiger partial charge < -0.3 is 4.74 Å². The van der Waals surface area contributed by atoms with Gasteiger partial charge in [0.1, 0.15) is 6.10 Å². The molecule has 0 amide bonds. The fraction of sp³-hybridized carbons (Fsp3) is 0.933. The number of carbonyl (C=O) groups is 1. The summed E-state index contributed by atoms with van der Waals surface area (Å²) < 4.78 is 5.58. The van der Waals surface area contributed by atoms with Gasteiger partial charge in [-0.2, -0.15) is 0 Å². The van der Waals surface area contributed by atoms with Crippen molar-refractivity contribution in [2.24, 2.45) is 23.7 Å². The first-order valence-electron chi connectivity index (χ1n) is 7.23. The molecule has 0 aliphatic heterocycles. The highest BCUT2D eigenvalue weighted by Crippen LogP contribution is 2.45. The van der Waals surface area contributed by atoms with Crippen LogP contribution in [0, 0.1) is 23.7 Å². The van der Waals surface area contributed by atoms with Crippen LogP contribution in [0.4, 0.5) is 0 Å². The van der Waals surface area contributed by atoms with Crippen LogP contribution in [0.1, 0.15) is 59.3 Å². The Labute approximate surface area is 105 Å². The summed E-state index contributed by atoms with van der Waals surface area (Å²) in [5.41, 5.74) is 0. The lowest BCUT2D eigenvalue weighted by Gasteiger charge is -2.42. The van der Waals surface area contributed by atoms with Gasteiger partial charge in [-0.25, -0.2) is 0 Å².